The average Bonchev–Trinajstić information content (AvgIpc) is 1.61. The van der Waals surface area contributed by atoms with Gasteiger partial charge >= 0.3 is 0 Å². The highest BCUT2D eigenvalue weighted by molar-refractivity contribution is 4.51. The molecule has 0 aromatic heterocycles. The van der Waals surface area contributed by atoms with Crippen LogP contribution in [-0.2, 0) is 0 Å². The summed E-state index contributed by atoms with van der Waals surface area (Å²) in [5, 5.41) is 0. The van der Waals surface area contributed by atoms with Crippen molar-refractivity contribution in [3.05, 3.63) is 6.92 Å². The zero-order valence-electron chi connectivity index (χ0n) is 5.41. The van der Waals surface area contributed by atoms with Crippen molar-refractivity contribution in [1.82, 2.24) is 0 Å². The minimum atomic E-state index is 0.653. The summed E-state index contributed by atoms with van der Waals surface area (Å²) in [7, 11) is 0. The highest BCUT2D eigenvalue weighted by Gasteiger charge is 1.95. The quantitative estimate of drug-likeness (QED) is 0.477. The third-order valence-electron chi connectivity index (χ3n) is 1.05. The van der Waals surface area contributed by atoms with Gasteiger partial charge < -0.3 is 0 Å². The molecule has 0 aliphatic carbocycles. The molecule has 0 nitrogen and oxygen atoms in total. The Balaban J connectivity index is 2.68. The van der Waals surface area contributed by atoms with Crippen LogP contribution in [0.5, 0.6) is 0 Å². The number of rotatable bonds is 3. The molecule has 0 aromatic rings. The molecule has 0 aromatic carbocycles. The minimum Gasteiger partial charge on any atom is -0.0654 e. The van der Waals surface area contributed by atoms with Gasteiger partial charge in [0.15, 0.2) is 0 Å². The summed E-state index contributed by atoms with van der Waals surface area (Å²) < 4.78 is 0. The van der Waals surface area contributed by atoms with Gasteiger partial charge in [-0.3, -0.25) is 0 Å². The average molecular weight is 99.2 g/mol. The normalized spacial score (nSPS) is 14.0. The van der Waals surface area contributed by atoms with Crippen LogP contribution in [0.15, 0.2) is 0 Å². The Morgan fingerprint density at radius 2 is 2.14 bits per heavy atom. The largest absolute Gasteiger partial charge is 0.0925 e. The molecule has 1 atom stereocenters. The van der Waals surface area contributed by atoms with E-state index in [4.69, 9.17) is 0 Å². The van der Waals surface area contributed by atoms with Crippen LogP contribution in [-0.4, -0.2) is 0 Å². The van der Waals surface area contributed by atoms with E-state index in [0.717, 1.165) is 0 Å². The zero-order valence-corrected chi connectivity index (χ0v) is 5.41. The lowest BCUT2D eigenvalue weighted by atomic mass is 10.1. The first-order valence-electron chi connectivity index (χ1n) is 3.10. The SMILES string of the molecule is [CH2+]C(C)CCCC. The van der Waals surface area contributed by atoms with Crippen LogP contribution in [0, 0.1) is 12.8 Å². The molecule has 0 radical (unpaired) electrons. The maximum absolute atomic E-state index is 3.88. The summed E-state index contributed by atoms with van der Waals surface area (Å²) in [5.41, 5.74) is 0. The Hall–Kier alpha value is -0.130. The second-order valence-corrected chi connectivity index (χ2v) is 2.25. The van der Waals surface area contributed by atoms with Gasteiger partial charge in [-0.1, -0.05) is 13.3 Å². The Morgan fingerprint density at radius 3 is 2.29 bits per heavy atom. The molecule has 7 heavy (non-hydrogen) atoms. The first-order valence-corrected chi connectivity index (χ1v) is 3.10. The second-order valence-electron chi connectivity index (χ2n) is 2.25. The van der Waals surface area contributed by atoms with E-state index in [0.29, 0.717) is 5.92 Å². The van der Waals surface area contributed by atoms with Crippen LogP contribution in [0.1, 0.15) is 33.1 Å². The standard InChI is InChI=1S/C7H15/c1-4-5-6-7(2)3/h7H,2,4-6H2,1,3H3/q+1. The van der Waals surface area contributed by atoms with E-state index in [1.54, 1.807) is 0 Å². The molecule has 0 spiro atoms. The van der Waals surface area contributed by atoms with Crippen LogP contribution >= 0.6 is 0 Å². The molecule has 0 heteroatoms. The van der Waals surface area contributed by atoms with E-state index in [-0.39, 0.29) is 0 Å². The van der Waals surface area contributed by atoms with Gasteiger partial charge in [0.25, 0.3) is 0 Å². The predicted octanol–water partition coefficient (Wildman–Crippen LogP) is 2.65. The lowest BCUT2D eigenvalue weighted by molar-refractivity contribution is 0.595. The van der Waals surface area contributed by atoms with Crippen LogP contribution in [0.25, 0.3) is 0 Å². The number of hydrogen-bond acceptors (Lipinski definition) is 0. The maximum atomic E-state index is 3.88. The molecular weight excluding hydrogens is 84.1 g/mol. The smallest absolute Gasteiger partial charge is 0.0654 e. The molecule has 0 fully saturated rings. The first kappa shape index (κ1) is 6.87. The lowest BCUT2D eigenvalue weighted by Crippen LogP contribution is -1.84. The van der Waals surface area contributed by atoms with Crippen molar-refractivity contribution in [2.45, 2.75) is 33.1 Å². The number of hydrogen-bond donors (Lipinski definition) is 0. The molecule has 0 aliphatic heterocycles. The van der Waals surface area contributed by atoms with Crippen molar-refractivity contribution < 1.29 is 0 Å². The van der Waals surface area contributed by atoms with Crippen LogP contribution in [0.2, 0.25) is 0 Å². The van der Waals surface area contributed by atoms with Gasteiger partial charge in [0, 0.05) is 0 Å². The molecule has 0 saturated heterocycles. The Labute approximate surface area is 46.9 Å². The van der Waals surface area contributed by atoms with Gasteiger partial charge in [0.2, 0.25) is 0 Å². The van der Waals surface area contributed by atoms with Gasteiger partial charge in [0.1, 0.15) is 0 Å². The topological polar surface area (TPSA) is 0 Å². The maximum Gasteiger partial charge on any atom is 0.0925 e. The van der Waals surface area contributed by atoms with Gasteiger partial charge in [-0.2, -0.15) is 0 Å². The van der Waals surface area contributed by atoms with E-state index in [1.165, 1.54) is 19.3 Å². The highest BCUT2D eigenvalue weighted by Crippen LogP contribution is 2.03. The molecule has 1 unspecified atom stereocenters. The molecule has 0 rings (SSSR count). The summed E-state index contributed by atoms with van der Waals surface area (Å²) in [6, 6.07) is 0. The fourth-order valence-electron chi connectivity index (χ4n) is 0.553. The summed E-state index contributed by atoms with van der Waals surface area (Å²) in [6.07, 6.45) is 3.93. The van der Waals surface area contributed by atoms with Crippen molar-refractivity contribution in [1.29, 1.82) is 0 Å². The van der Waals surface area contributed by atoms with E-state index >= 15 is 0 Å². The highest BCUT2D eigenvalue weighted by atomic mass is 13.9. The van der Waals surface area contributed by atoms with E-state index in [2.05, 4.69) is 20.8 Å². The van der Waals surface area contributed by atoms with Crippen LogP contribution in [0.3, 0.4) is 0 Å². The van der Waals surface area contributed by atoms with Crippen molar-refractivity contribution in [3.63, 3.8) is 0 Å². The summed E-state index contributed by atoms with van der Waals surface area (Å²) in [4.78, 5) is 0. The van der Waals surface area contributed by atoms with Crippen LogP contribution in [0.4, 0.5) is 0 Å². The van der Waals surface area contributed by atoms with Gasteiger partial charge in [-0.15, -0.1) is 0 Å². The fraction of sp³-hybridized carbons (Fsp3) is 0.857. The molecule has 0 aliphatic rings. The van der Waals surface area contributed by atoms with Gasteiger partial charge in [-0.05, 0) is 19.8 Å². The molecular formula is C7H15+. The molecule has 0 heterocycles. The summed E-state index contributed by atoms with van der Waals surface area (Å²) in [5.74, 6) is 0.653. The first-order chi connectivity index (χ1) is 3.27. The van der Waals surface area contributed by atoms with Crippen molar-refractivity contribution in [2.24, 2.45) is 5.92 Å². The molecule has 0 N–H and O–H groups in total. The van der Waals surface area contributed by atoms with E-state index < -0.39 is 0 Å². The summed E-state index contributed by atoms with van der Waals surface area (Å²) in [6.45, 7) is 8.25. The fourth-order valence-corrected chi connectivity index (χ4v) is 0.553. The molecule has 0 saturated carbocycles. The predicted molar refractivity (Wildman–Crippen MR) is 34.0 cm³/mol. The summed E-state index contributed by atoms with van der Waals surface area (Å²) >= 11 is 0. The van der Waals surface area contributed by atoms with Crippen molar-refractivity contribution in [2.75, 3.05) is 0 Å². The van der Waals surface area contributed by atoms with E-state index in [9.17, 15) is 0 Å². The van der Waals surface area contributed by atoms with Gasteiger partial charge in [0.05, 0.1) is 12.8 Å². The molecule has 0 amide bonds. The lowest BCUT2D eigenvalue weighted by Gasteiger charge is -1.92. The minimum absolute atomic E-state index is 0.653. The molecule has 42 valence electrons. The third-order valence-corrected chi connectivity index (χ3v) is 1.05. The Kier molecular flexibility index (Phi) is 3.97. The zero-order chi connectivity index (χ0) is 5.70. The monoisotopic (exact) mass is 99.1 g/mol. The number of unbranched alkanes of at least 4 members (excludes halogenated alkanes) is 1. The third kappa shape index (κ3) is 5.87. The molecule has 0 bridgehead atoms. The van der Waals surface area contributed by atoms with E-state index in [1.807, 2.05) is 0 Å². The van der Waals surface area contributed by atoms with Crippen molar-refractivity contribution in [3.8, 4) is 0 Å². The van der Waals surface area contributed by atoms with Crippen LogP contribution < -0.4 is 0 Å². The second kappa shape index (κ2) is 4.04. The van der Waals surface area contributed by atoms with Gasteiger partial charge in [-0.25, -0.2) is 0 Å². The Morgan fingerprint density at radius 1 is 1.57 bits per heavy atom. The Bertz CT molecular complexity index is 29.0. The van der Waals surface area contributed by atoms with Crippen molar-refractivity contribution >= 4 is 0 Å².